The van der Waals surface area contributed by atoms with Gasteiger partial charge >= 0.3 is 6.18 Å². The van der Waals surface area contributed by atoms with E-state index in [2.05, 4.69) is 21.8 Å². The molecule has 158 valence electrons. The average Bonchev–Trinajstić information content (AvgIpc) is 3.00. The fourth-order valence-electron chi connectivity index (χ4n) is 3.71. The van der Waals surface area contributed by atoms with Gasteiger partial charge in [0.15, 0.2) is 0 Å². The van der Waals surface area contributed by atoms with E-state index in [0.29, 0.717) is 4.90 Å². The van der Waals surface area contributed by atoms with Crippen LogP contribution in [0.3, 0.4) is 0 Å². The number of fused-ring (bicyclic) bond motifs is 1. The second-order valence-corrected chi connectivity index (χ2v) is 8.48. The van der Waals surface area contributed by atoms with Gasteiger partial charge in [-0.05, 0) is 74.3 Å². The molecule has 1 aliphatic heterocycles. The third kappa shape index (κ3) is 5.26. The number of aromatic nitrogens is 1. The van der Waals surface area contributed by atoms with Crippen molar-refractivity contribution in [3.63, 3.8) is 0 Å². The Kier molecular flexibility index (Phi) is 6.49. The van der Waals surface area contributed by atoms with Gasteiger partial charge in [0.05, 0.1) is 22.5 Å². The Morgan fingerprint density at radius 2 is 1.63 bits per heavy atom. The molecule has 2 aromatic carbocycles. The first kappa shape index (κ1) is 21.0. The van der Waals surface area contributed by atoms with Crippen LogP contribution >= 0.6 is 11.9 Å². The van der Waals surface area contributed by atoms with Crippen LogP contribution in [0.25, 0.3) is 10.9 Å². The molecule has 30 heavy (non-hydrogen) atoms. The molecule has 1 saturated heterocycles. The highest BCUT2D eigenvalue weighted by Crippen LogP contribution is 2.32. The molecular formula is C23H24F3N3S. The molecule has 0 saturated carbocycles. The zero-order valence-corrected chi connectivity index (χ0v) is 17.4. The number of halogens is 3. The minimum atomic E-state index is -4.32. The second-order valence-electron chi connectivity index (χ2n) is 7.60. The highest BCUT2D eigenvalue weighted by Gasteiger charge is 2.29. The van der Waals surface area contributed by atoms with Gasteiger partial charge in [0.2, 0.25) is 0 Å². The number of rotatable bonds is 5. The highest BCUT2D eigenvalue weighted by atomic mass is 32.2. The van der Waals surface area contributed by atoms with Crippen molar-refractivity contribution < 1.29 is 13.2 Å². The number of nitrogens with zero attached hydrogens (tertiary/aromatic N) is 2. The maximum absolute atomic E-state index is 12.7. The lowest BCUT2D eigenvalue weighted by molar-refractivity contribution is -0.137. The molecular weight excluding hydrogens is 407 g/mol. The number of hydrogen-bond acceptors (Lipinski definition) is 4. The first-order valence-corrected chi connectivity index (χ1v) is 11.0. The van der Waals surface area contributed by atoms with Crippen molar-refractivity contribution in [2.75, 3.05) is 17.8 Å². The molecule has 0 bridgehead atoms. The molecule has 1 N–H and O–H groups in total. The van der Waals surface area contributed by atoms with Crippen LogP contribution in [0.1, 0.15) is 36.9 Å². The minimum Gasteiger partial charge on any atom is -0.324 e. The van der Waals surface area contributed by atoms with Crippen LogP contribution in [0, 0.1) is 0 Å². The summed E-state index contributed by atoms with van der Waals surface area (Å²) in [4.78, 5) is 8.07. The maximum atomic E-state index is 12.7. The van der Waals surface area contributed by atoms with E-state index in [9.17, 15) is 13.2 Å². The number of pyridine rings is 1. The molecule has 0 spiro atoms. The van der Waals surface area contributed by atoms with Crippen LogP contribution in [0.4, 0.5) is 18.9 Å². The van der Waals surface area contributed by atoms with E-state index in [1.165, 1.54) is 49.8 Å². The van der Waals surface area contributed by atoms with Crippen molar-refractivity contribution >= 4 is 28.5 Å². The summed E-state index contributed by atoms with van der Waals surface area (Å²) in [6, 6.07) is 15.2. The summed E-state index contributed by atoms with van der Waals surface area (Å²) in [7, 11) is 0. The summed E-state index contributed by atoms with van der Waals surface area (Å²) in [5, 5.41) is 1.03. The van der Waals surface area contributed by atoms with Gasteiger partial charge in [-0.1, -0.05) is 31.0 Å². The molecule has 4 rings (SSSR count). The van der Waals surface area contributed by atoms with E-state index in [0.717, 1.165) is 54.1 Å². The van der Waals surface area contributed by atoms with Gasteiger partial charge in [-0.25, -0.2) is 4.98 Å². The SMILES string of the molecule is FC(F)(F)c1ccc(SNc2cccc3ccc(CN4CCCCCC4)nc23)cc1. The molecule has 7 heteroatoms. The predicted molar refractivity (Wildman–Crippen MR) is 116 cm³/mol. The van der Waals surface area contributed by atoms with E-state index >= 15 is 0 Å². The van der Waals surface area contributed by atoms with Crippen LogP contribution in [-0.2, 0) is 12.7 Å². The van der Waals surface area contributed by atoms with Crippen LogP contribution in [0.2, 0.25) is 0 Å². The highest BCUT2D eigenvalue weighted by molar-refractivity contribution is 8.00. The number of anilines is 1. The molecule has 2 heterocycles. The van der Waals surface area contributed by atoms with Crippen LogP contribution in [0.15, 0.2) is 59.5 Å². The van der Waals surface area contributed by atoms with Crippen LogP contribution in [0.5, 0.6) is 0 Å². The van der Waals surface area contributed by atoms with E-state index in [-0.39, 0.29) is 0 Å². The molecule has 0 aliphatic carbocycles. The van der Waals surface area contributed by atoms with Crippen molar-refractivity contribution in [1.29, 1.82) is 0 Å². The number of likely N-dealkylation sites (tertiary alicyclic amines) is 1. The second kappa shape index (κ2) is 9.27. The summed E-state index contributed by atoms with van der Waals surface area (Å²) < 4.78 is 41.5. The molecule has 0 amide bonds. The lowest BCUT2D eigenvalue weighted by Crippen LogP contribution is -2.24. The number of para-hydroxylation sites is 1. The molecule has 0 radical (unpaired) electrons. The Balaban J connectivity index is 1.49. The van der Waals surface area contributed by atoms with Crippen molar-refractivity contribution in [2.24, 2.45) is 0 Å². The van der Waals surface area contributed by atoms with Gasteiger partial charge in [-0.15, -0.1) is 0 Å². The zero-order chi connectivity index (χ0) is 21.0. The first-order chi connectivity index (χ1) is 14.5. The fourth-order valence-corrected chi connectivity index (χ4v) is 4.37. The van der Waals surface area contributed by atoms with Crippen molar-refractivity contribution in [3.05, 3.63) is 65.9 Å². The Morgan fingerprint density at radius 3 is 2.33 bits per heavy atom. The summed E-state index contributed by atoms with van der Waals surface area (Å²) in [5.74, 6) is 0. The van der Waals surface area contributed by atoms with Gasteiger partial charge in [-0.3, -0.25) is 4.90 Å². The lowest BCUT2D eigenvalue weighted by Gasteiger charge is -2.19. The average molecular weight is 432 g/mol. The standard InChI is InChI=1S/C23H24F3N3S/c24-23(25,26)18-9-12-20(13-10-18)30-28-21-7-5-6-17-8-11-19(27-22(17)21)16-29-14-3-1-2-4-15-29/h5-13,28H,1-4,14-16H2. The molecule has 3 aromatic rings. The van der Waals surface area contributed by atoms with Crippen molar-refractivity contribution in [3.8, 4) is 0 Å². The van der Waals surface area contributed by atoms with Crippen molar-refractivity contribution in [2.45, 2.75) is 43.3 Å². The maximum Gasteiger partial charge on any atom is 0.416 e. The minimum absolute atomic E-state index is 0.642. The topological polar surface area (TPSA) is 28.2 Å². The number of nitrogens with one attached hydrogen (secondary N) is 1. The Bertz CT molecular complexity index is 981. The van der Waals surface area contributed by atoms with E-state index in [1.807, 2.05) is 18.2 Å². The lowest BCUT2D eigenvalue weighted by atomic mass is 10.1. The Labute approximate surface area is 178 Å². The Hall–Kier alpha value is -2.25. The predicted octanol–water partition coefficient (Wildman–Crippen LogP) is 6.75. The summed E-state index contributed by atoms with van der Waals surface area (Å²) in [5.41, 5.74) is 2.13. The van der Waals surface area contributed by atoms with E-state index < -0.39 is 11.7 Å². The van der Waals surface area contributed by atoms with Gasteiger partial charge < -0.3 is 4.72 Å². The molecule has 3 nitrogen and oxygen atoms in total. The van der Waals surface area contributed by atoms with Crippen LogP contribution < -0.4 is 4.72 Å². The molecule has 0 unspecified atom stereocenters. The van der Waals surface area contributed by atoms with Gasteiger partial charge in [0, 0.05) is 16.8 Å². The smallest absolute Gasteiger partial charge is 0.324 e. The van der Waals surface area contributed by atoms with Gasteiger partial charge in [0.1, 0.15) is 0 Å². The largest absolute Gasteiger partial charge is 0.416 e. The summed E-state index contributed by atoms with van der Waals surface area (Å²) in [6.07, 6.45) is 0.766. The molecule has 1 fully saturated rings. The first-order valence-electron chi connectivity index (χ1n) is 10.2. The normalized spacial score (nSPS) is 15.8. The monoisotopic (exact) mass is 431 g/mol. The summed E-state index contributed by atoms with van der Waals surface area (Å²) in [6.45, 7) is 3.07. The number of alkyl halides is 3. The van der Waals surface area contributed by atoms with Gasteiger partial charge in [0.25, 0.3) is 0 Å². The van der Waals surface area contributed by atoms with E-state index in [1.54, 1.807) is 0 Å². The third-order valence-corrected chi connectivity index (χ3v) is 6.15. The van der Waals surface area contributed by atoms with Crippen molar-refractivity contribution in [1.82, 2.24) is 9.88 Å². The zero-order valence-electron chi connectivity index (χ0n) is 16.6. The number of hydrogen-bond donors (Lipinski definition) is 1. The summed E-state index contributed by atoms with van der Waals surface area (Å²) >= 11 is 1.28. The molecule has 0 atom stereocenters. The Morgan fingerprint density at radius 1 is 0.900 bits per heavy atom. The molecule has 1 aromatic heterocycles. The van der Waals surface area contributed by atoms with Crippen LogP contribution in [-0.4, -0.2) is 23.0 Å². The quantitative estimate of drug-likeness (QED) is 0.452. The van der Waals surface area contributed by atoms with E-state index in [4.69, 9.17) is 4.98 Å². The third-order valence-electron chi connectivity index (χ3n) is 5.32. The van der Waals surface area contributed by atoms with Gasteiger partial charge in [-0.2, -0.15) is 13.2 Å². The number of benzene rings is 2. The fraction of sp³-hybridized carbons (Fsp3) is 0.348. The molecule has 1 aliphatic rings.